The zero-order valence-corrected chi connectivity index (χ0v) is 11.4. The number of nitrogen functional groups attached to an aromatic ring is 1. The van der Waals surface area contributed by atoms with Crippen LogP contribution in [-0.4, -0.2) is 20.3 Å². The highest BCUT2D eigenvalue weighted by Gasteiger charge is 2.04. The van der Waals surface area contributed by atoms with Gasteiger partial charge in [-0.1, -0.05) is 0 Å². The van der Waals surface area contributed by atoms with E-state index in [1.54, 1.807) is 13.2 Å². The minimum Gasteiger partial charge on any atom is -0.397 e. The Bertz CT molecular complexity index is 347. The van der Waals surface area contributed by atoms with Gasteiger partial charge in [-0.05, 0) is 41.5 Å². The molecule has 1 aromatic rings. The van der Waals surface area contributed by atoms with E-state index in [2.05, 4.69) is 5.32 Å². The van der Waals surface area contributed by atoms with Crippen LogP contribution in [0.1, 0.15) is 12.8 Å². The molecule has 0 unspecified atom stereocenters. The number of ether oxygens (including phenoxy) is 1. The minimum absolute atomic E-state index is 0.241. The third-order valence-corrected chi connectivity index (χ3v) is 3.01. The van der Waals surface area contributed by atoms with Crippen LogP contribution in [0.2, 0.25) is 0 Å². The topological polar surface area (TPSA) is 47.3 Å². The maximum atomic E-state index is 13.3. The summed E-state index contributed by atoms with van der Waals surface area (Å²) in [4.78, 5) is 0. The maximum absolute atomic E-state index is 13.3. The predicted octanol–water partition coefficient (Wildman–Crippen LogP) is 2.85. The lowest BCUT2D eigenvalue weighted by atomic mass is 10.2. The first-order chi connectivity index (χ1) is 7.65. The van der Waals surface area contributed by atoms with Gasteiger partial charge in [-0.25, -0.2) is 4.39 Å². The molecule has 0 aliphatic rings. The standard InChI is InChI=1S/C11H16FIN2O/c1-16-5-3-2-4-15-11-6-8(12)9(13)7-10(11)14/h6-7,15H,2-5,14H2,1H3. The molecule has 0 aliphatic carbocycles. The summed E-state index contributed by atoms with van der Waals surface area (Å²) < 4.78 is 18.7. The van der Waals surface area contributed by atoms with Crippen molar-refractivity contribution in [2.45, 2.75) is 12.8 Å². The lowest BCUT2D eigenvalue weighted by Gasteiger charge is -2.10. The van der Waals surface area contributed by atoms with E-state index in [-0.39, 0.29) is 5.82 Å². The monoisotopic (exact) mass is 338 g/mol. The van der Waals surface area contributed by atoms with Crippen LogP contribution in [0.3, 0.4) is 0 Å². The van der Waals surface area contributed by atoms with Gasteiger partial charge in [-0.2, -0.15) is 0 Å². The summed E-state index contributed by atoms with van der Waals surface area (Å²) in [5.74, 6) is -0.241. The van der Waals surface area contributed by atoms with Gasteiger partial charge >= 0.3 is 0 Å². The highest BCUT2D eigenvalue weighted by molar-refractivity contribution is 14.1. The molecule has 0 saturated heterocycles. The smallest absolute Gasteiger partial charge is 0.138 e. The molecule has 0 saturated carbocycles. The van der Waals surface area contributed by atoms with Crippen molar-refractivity contribution >= 4 is 34.0 Å². The number of nitrogens with two attached hydrogens (primary N) is 1. The van der Waals surface area contributed by atoms with Crippen LogP contribution in [0, 0.1) is 9.39 Å². The first kappa shape index (κ1) is 13.5. The Labute approximate surface area is 109 Å². The summed E-state index contributed by atoms with van der Waals surface area (Å²) in [6, 6.07) is 3.07. The fourth-order valence-electron chi connectivity index (χ4n) is 1.31. The van der Waals surface area contributed by atoms with Gasteiger partial charge in [0.05, 0.1) is 14.9 Å². The van der Waals surface area contributed by atoms with Gasteiger partial charge in [-0.3, -0.25) is 0 Å². The van der Waals surface area contributed by atoms with E-state index in [1.807, 2.05) is 22.6 Å². The molecule has 16 heavy (non-hydrogen) atoms. The Kier molecular flexibility index (Phi) is 5.83. The quantitative estimate of drug-likeness (QED) is 0.476. The average Bonchev–Trinajstić information content (AvgIpc) is 2.25. The molecule has 90 valence electrons. The number of nitrogens with one attached hydrogen (secondary N) is 1. The third kappa shape index (κ3) is 4.13. The largest absolute Gasteiger partial charge is 0.397 e. The Morgan fingerprint density at radius 1 is 1.44 bits per heavy atom. The number of hydrogen-bond acceptors (Lipinski definition) is 3. The van der Waals surface area contributed by atoms with Gasteiger partial charge in [0.2, 0.25) is 0 Å². The molecule has 0 fully saturated rings. The number of rotatable bonds is 6. The molecule has 0 aliphatic heterocycles. The molecule has 0 bridgehead atoms. The zero-order valence-electron chi connectivity index (χ0n) is 9.22. The molecule has 5 heteroatoms. The molecular formula is C11H16FIN2O. The van der Waals surface area contributed by atoms with Crippen molar-refractivity contribution in [3.05, 3.63) is 21.5 Å². The molecule has 0 heterocycles. The lowest BCUT2D eigenvalue weighted by Crippen LogP contribution is -2.06. The van der Waals surface area contributed by atoms with E-state index in [9.17, 15) is 4.39 Å². The molecular weight excluding hydrogens is 322 g/mol. The van der Waals surface area contributed by atoms with Gasteiger partial charge in [0.1, 0.15) is 5.82 Å². The first-order valence-corrected chi connectivity index (χ1v) is 6.20. The van der Waals surface area contributed by atoms with E-state index >= 15 is 0 Å². The normalized spacial score (nSPS) is 10.4. The van der Waals surface area contributed by atoms with Crippen molar-refractivity contribution in [2.24, 2.45) is 0 Å². The Morgan fingerprint density at radius 3 is 2.88 bits per heavy atom. The van der Waals surface area contributed by atoms with Crippen molar-refractivity contribution in [2.75, 3.05) is 31.3 Å². The van der Waals surface area contributed by atoms with Gasteiger partial charge in [0, 0.05) is 26.3 Å². The number of anilines is 2. The van der Waals surface area contributed by atoms with Gasteiger partial charge in [0.15, 0.2) is 0 Å². The summed E-state index contributed by atoms with van der Waals surface area (Å²) >= 11 is 1.92. The summed E-state index contributed by atoms with van der Waals surface area (Å²) in [6.07, 6.45) is 1.96. The van der Waals surface area contributed by atoms with Crippen LogP contribution in [0.25, 0.3) is 0 Å². The summed E-state index contributed by atoms with van der Waals surface area (Å²) in [6.45, 7) is 1.52. The fraction of sp³-hybridized carbons (Fsp3) is 0.455. The molecule has 0 amide bonds. The molecule has 0 radical (unpaired) electrons. The van der Waals surface area contributed by atoms with E-state index in [4.69, 9.17) is 10.5 Å². The zero-order chi connectivity index (χ0) is 12.0. The number of hydrogen-bond donors (Lipinski definition) is 2. The second-order valence-electron chi connectivity index (χ2n) is 3.48. The molecule has 3 nitrogen and oxygen atoms in total. The molecule has 1 aromatic carbocycles. The van der Waals surface area contributed by atoms with E-state index in [0.29, 0.717) is 14.9 Å². The van der Waals surface area contributed by atoms with Crippen LogP contribution in [-0.2, 0) is 4.74 Å². The first-order valence-electron chi connectivity index (χ1n) is 5.12. The van der Waals surface area contributed by atoms with Crippen LogP contribution in [0.4, 0.5) is 15.8 Å². The number of unbranched alkanes of at least 4 members (excludes halogenated alkanes) is 1. The second kappa shape index (κ2) is 6.90. The predicted molar refractivity (Wildman–Crippen MR) is 73.1 cm³/mol. The molecule has 1 rings (SSSR count). The van der Waals surface area contributed by atoms with E-state index < -0.39 is 0 Å². The van der Waals surface area contributed by atoms with Crippen molar-refractivity contribution < 1.29 is 9.13 Å². The van der Waals surface area contributed by atoms with Crippen LogP contribution in [0.15, 0.2) is 12.1 Å². The van der Waals surface area contributed by atoms with Gasteiger partial charge in [0.25, 0.3) is 0 Å². The molecule has 0 spiro atoms. The van der Waals surface area contributed by atoms with Crippen LogP contribution >= 0.6 is 22.6 Å². The van der Waals surface area contributed by atoms with Crippen molar-refractivity contribution in [3.63, 3.8) is 0 Å². The molecule has 3 N–H and O–H groups in total. The summed E-state index contributed by atoms with van der Waals surface area (Å²) in [5, 5.41) is 3.12. The summed E-state index contributed by atoms with van der Waals surface area (Å²) in [5.41, 5.74) is 7.02. The van der Waals surface area contributed by atoms with E-state index in [0.717, 1.165) is 26.0 Å². The van der Waals surface area contributed by atoms with Crippen molar-refractivity contribution in [1.29, 1.82) is 0 Å². The highest BCUT2D eigenvalue weighted by atomic mass is 127. The van der Waals surface area contributed by atoms with Crippen LogP contribution < -0.4 is 11.1 Å². The second-order valence-corrected chi connectivity index (χ2v) is 4.64. The van der Waals surface area contributed by atoms with Crippen LogP contribution in [0.5, 0.6) is 0 Å². The maximum Gasteiger partial charge on any atom is 0.138 e. The summed E-state index contributed by atoms with van der Waals surface area (Å²) in [7, 11) is 1.68. The van der Waals surface area contributed by atoms with Crippen molar-refractivity contribution in [1.82, 2.24) is 0 Å². The SMILES string of the molecule is COCCCCNc1cc(F)c(I)cc1N. The van der Waals surface area contributed by atoms with Crippen molar-refractivity contribution in [3.8, 4) is 0 Å². The minimum atomic E-state index is -0.241. The highest BCUT2D eigenvalue weighted by Crippen LogP contribution is 2.23. The Morgan fingerprint density at radius 2 is 2.19 bits per heavy atom. The molecule has 0 aromatic heterocycles. The fourth-order valence-corrected chi connectivity index (χ4v) is 1.80. The number of benzene rings is 1. The lowest BCUT2D eigenvalue weighted by molar-refractivity contribution is 0.194. The van der Waals surface area contributed by atoms with Gasteiger partial charge in [-0.15, -0.1) is 0 Å². The van der Waals surface area contributed by atoms with Gasteiger partial charge < -0.3 is 15.8 Å². The van der Waals surface area contributed by atoms with E-state index in [1.165, 1.54) is 6.07 Å². The Hall–Kier alpha value is -0.560. The average molecular weight is 338 g/mol. The third-order valence-electron chi connectivity index (χ3n) is 2.18. The number of methoxy groups -OCH3 is 1. The Balaban J connectivity index is 2.45. The number of halogens is 2. The molecule has 0 atom stereocenters.